The molecule has 1 radical (unpaired) electrons. The van der Waals surface area contributed by atoms with E-state index in [0.717, 1.165) is 6.42 Å². The van der Waals surface area contributed by atoms with Gasteiger partial charge in [-0.05, 0) is 12.3 Å². The van der Waals surface area contributed by atoms with Crippen molar-refractivity contribution in [3.8, 4) is 0 Å². The summed E-state index contributed by atoms with van der Waals surface area (Å²) in [7, 11) is 0. The van der Waals surface area contributed by atoms with Crippen molar-refractivity contribution in [3.05, 3.63) is 95.1 Å². The van der Waals surface area contributed by atoms with Crippen LogP contribution < -0.4 is 24.8 Å². The second kappa shape index (κ2) is 9.00. The number of fused-ring (bicyclic) bond motifs is 1. The first-order chi connectivity index (χ1) is 10.3. The topological polar surface area (TPSA) is 0 Å². The number of allylic oxidation sites excluding steroid dienone is 5. The molecule has 2 aliphatic carbocycles. The molecule has 0 saturated heterocycles. The summed E-state index contributed by atoms with van der Waals surface area (Å²) < 4.78 is 0. The number of benzene rings is 2. The summed E-state index contributed by atoms with van der Waals surface area (Å²) in [6.07, 6.45) is 11.3. The Labute approximate surface area is 175 Å². The van der Waals surface area contributed by atoms with Gasteiger partial charge in [0.05, 0.1) is 0 Å². The standard InChI is InChI=1S/C21H17.2ClH.Zr/c1-15-18-12-7-13-19(16-10-5-6-11-16)21(18)14-20(15)17-8-3-2-4-9-17;;;/h2-10,12-13,15H,11H2,1H3;2*1H;/q-1;;;+3/p-2. The molecule has 24 heavy (non-hydrogen) atoms. The van der Waals surface area contributed by atoms with Crippen LogP contribution in [0.1, 0.15) is 41.5 Å². The molecule has 119 valence electrons. The smallest absolute Gasteiger partial charge is 1.00 e. The number of hydrogen-bond donors (Lipinski definition) is 0. The molecule has 3 heteroatoms. The molecule has 1 unspecified atom stereocenters. The Morgan fingerprint density at radius 1 is 0.958 bits per heavy atom. The largest absolute Gasteiger partial charge is 3.00 e. The minimum Gasteiger partial charge on any atom is -1.00 e. The average molecular weight is 431 g/mol. The maximum absolute atomic E-state index is 3.69. The van der Waals surface area contributed by atoms with Crippen LogP contribution in [0.5, 0.6) is 0 Å². The van der Waals surface area contributed by atoms with Gasteiger partial charge in [0.1, 0.15) is 0 Å². The van der Waals surface area contributed by atoms with E-state index < -0.39 is 0 Å². The van der Waals surface area contributed by atoms with E-state index >= 15 is 0 Å². The van der Waals surface area contributed by atoms with E-state index in [2.05, 4.69) is 79.8 Å². The summed E-state index contributed by atoms with van der Waals surface area (Å²) in [5.74, 6) is 0.414. The first kappa shape index (κ1) is 21.2. The normalized spacial score (nSPS) is 17.0. The van der Waals surface area contributed by atoms with Crippen molar-refractivity contribution >= 4 is 11.1 Å². The molecule has 0 nitrogen and oxygen atoms in total. The Bertz CT molecular complexity index is 789. The van der Waals surface area contributed by atoms with E-state index in [4.69, 9.17) is 0 Å². The van der Waals surface area contributed by atoms with Gasteiger partial charge < -0.3 is 24.8 Å². The Morgan fingerprint density at radius 2 is 1.71 bits per heavy atom. The Balaban J connectivity index is 0.000000960. The van der Waals surface area contributed by atoms with Crippen molar-refractivity contribution in [2.45, 2.75) is 19.3 Å². The minimum absolute atomic E-state index is 0. The van der Waals surface area contributed by atoms with E-state index in [0.29, 0.717) is 5.92 Å². The molecule has 4 rings (SSSR count). The van der Waals surface area contributed by atoms with Gasteiger partial charge in [-0.1, -0.05) is 84.3 Å². The third-order valence-corrected chi connectivity index (χ3v) is 4.46. The third-order valence-electron chi connectivity index (χ3n) is 4.46. The van der Waals surface area contributed by atoms with Gasteiger partial charge in [-0.15, -0.1) is 28.8 Å². The van der Waals surface area contributed by atoms with Crippen molar-refractivity contribution in [2.24, 2.45) is 0 Å². The minimum atomic E-state index is 0. The van der Waals surface area contributed by atoms with E-state index in [9.17, 15) is 0 Å². The van der Waals surface area contributed by atoms with Crippen molar-refractivity contribution in [3.63, 3.8) is 0 Å². The third kappa shape index (κ3) is 3.69. The summed E-state index contributed by atoms with van der Waals surface area (Å²) in [5, 5.41) is 0. The molecule has 0 saturated carbocycles. The first-order valence-electron chi connectivity index (χ1n) is 7.53. The predicted molar refractivity (Wildman–Crippen MR) is 88.8 cm³/mol. The van der Waals surface area contributed by atoms with Gasteiger partial charge in [0.15, 0.2) is 0 Å². The second-order valence-electron chi connectivity index (χ2n) is 5.72. The second-order valence-corrected chi connectivity index (χ2v) is 5.72. The molecule has 0 fully saturated rings. The van der Waals surface area contributed by atoms with Crippen LogP contribution >= 0.6 is 0 Å². The van der Waals surface area contributed by atoms with E-state index in [1.807, 2.05) is 0 Å². The number of hydrogen-bond acceptors (Lipinski definition) is 0. The number of halogens is 2. The molecule has 2 aromatic rings. The van der Waals surface area contributed by atoms with Crippen molar-refractivity contribution < 1.29 is 51.0 Å². The molecular weight excluding hydrogens is 414 g/mol. The van der Waals surface area contributed by atoms with Crippen LogP contribution in [0.15, 0.2) is 66.8 Å². The van der Waals surface area contributed by atoms with Crippen LogP contribution in [0, 0.1) is 6.08 Å². The van der Waals surface area contributed by atoms with E-state index in [-0.39, 0.29) is 51.0 Å². The maximum Gasteiger partial charge on any atom is 3.00 e. The molecule has 0 spiro atoms. The van der Waals surface area contributed by atoms with Crippen LogP contribution in [0.25, 0.3) is 11.1 Å². The molecule has 0 aliphatic heterocycles. The van der Waals surface area contributed by atoms with Gasteiger partial charge in [-0.25, -0.2) is 0 Å². The fraction of sp³-hybridized carbons (Fsp3) is 0.143. The zero-order valence-corrected chi connectivity index (χ0v) is 17.4. The molecule has 0 aromatic heterocycles. The van der Waals surface area contributed by atoms with Crippen LogP contribution in [0.4, 0.5) is 0 Å². The van der Waals surface area contributed by atoms with Crippen molar-refractivity contribution in [1.29, 1.82) is 0 Å². The quantitative estimate of drug-likeness (QED) is 0.557. The molecular formula is C21H17Cl2Zr. The van der Waals surface area contributed by atoms with Crippen molar-refractivity contribution in [1.82, 2.24) is 0 Å². The van der Waals surface area contributed by atoms with E-state index in [1.165, 1.54) is 33.4 Å². The van der Waals surface area contributed by atoms with Crippen molar-refractivity contribution in [2.75, 3.05) is 0 Å². The maximum atomic E-state index is 3.69. The summed E-state index contributed by atoms with van der Waals surface area (Å²) in [5.41, 5.74) is 8.03. The zero-order chi connectivity index (χ0) is 14.2. The van der Waals surface area contributed by atoms with Gasteiger partial charge in [0.2, 0.25) is 0 Å². The molecule has 0 amide bonds. The van der Waals surface area contributed by atoms with Crippen LogP contribution in [-0.4, -0.2) is 0 Å². The molecule has 0 bridgehead atoms. The molecule has 2 aliphatic rings. The molecule has 0 heterocycles. The fourth-order valence-electron chi connectivity index (χ4n) is 3.32. The monoisotopic (exact) mass is 429 g/mol. The first-order valence-corrected chi connectivity index (χ1v) is 7.53. The van der Waals surface area contributed by atoms with Gasteiger partial charge in [0.25, 0.3) is 0 Å². The zero-order valence-electron chi connectivity index (χ0n) is 13.4. The Morgan fingerprint density at radius 3 is 2.38 bits per heavy atom. The van der Waals surface area contributed by atoms with Gasteiger partial charge in [-0.2, -0.15) is 0 Å². The fourth-order valence-corrected chi connectivity index (χ4v) is 3.32. The summed E-state index contributed by atoms with van der Waals surface area (Å²) in [6.45, 7) is 2.28. The number of rotatable bonds is 2. The van der Waals surface area contributed by atoms with Crippen LogP contribution in [-0.2, 0) is 26.2 Å². The molecule has 2 aromatic carbocycles. The predicted octanol–water partition coefficient (Wildman–Crippen LogP) is -0.613. The summed E-state index contributed by atoms with van der Waals surface area (Å²) in [6, 6.07) is 17.3. The molecule has 0 N–H and O–H groups in total. The Kier molecular flexibility index (Phi) is 7.93. The molecule has 1 atom stereocenters. The SMILES string of the molecule is CC1C(c2ccccc2)=[C-]c2c(C3=CC=CC3)cccc21.[Cl-].[Cl-].[Zr+3]. The average Bonchev–Trinajstić information content (AvgIpc) is 3.17. The van der Waals surface area contributed by atoms with Gasteiger partial charge in [0, 0.05) is 0 Å². The van der Waals surface area contributed by atoms with E-state index in [1.54, 1.807) is 0 Å². The summed E-state index contributed by atoms with van der Waals surface area (Å²) >= 11 is 0. The van der Waals surface area contributed by atoms with Crippen LogP contribution in [0.2, 0.25) is 0 Å². The Hall–Kier alpha value is -0.877. The van der Waals surface area contributed by atoms with Gasteiger partial charge >= 0.3 is 26.2 Å². The van der Waals surface area contributed by atoms with Crippen LogP contribution in [0.3, 0.4) is 0 Å². The van der Waals surface area contributed by atoms with Gasteiger partial charge in [-0.3, -0.25) is 0 Å². The summed E-state index contributed by atoms with van der Waals surface area (Å²) in [4.78, 5) is 0.